The number of piperazine rings is 1. The van der Waals surface area contributed by atoms with E-state index in [2.05, 4.69) is 35.7 Å². The average molecular weight is 379 g/mol. The van der Waals surface area contributed by atoms with E-state index in [-0.39, 0.29) is 5.91 Å². The highest BCUT2D eigenvalue weighted by atomic mass is 16.2. The Labute approximate surface area is 162 Å². The zero-order valence-electron chi connectivity index (χ0n) is 15.3. The number of para-hydroxylation sites is 1. The van der Waals surface area contributed by atoms with Crippen LogP contribution < -0.4 is 10.2 Å². The number of anilines is 2. The quantitative estimate of drug-likeness (QED) is 0.664. The van der Waals surface area contributed by atoms with Crippen LogP contribution in [0.5, 0.6) is 0 Å². The molecule has 3 aromatic rings. The van der Waals surface area contributed by atoms with Gasteiger partial charge in [-0.05, 0) is 28.6 Å². The SMILES string of the molecule is O=C(CCNc1nnnn1-c1ccccc1)N1CCN(c2ncccn2)CC1. The summed E-state index contributed by atoms with van der Waals surface area (Å²) in [5.41, 5.74) is 0.862. The molecule has 0 saturated carbocycles. The average Bonchev–Trinajstić information content (AvgIpc) is 3.23. The van der Waals surface area contributed by atoms with Crippen LogP contribution in [0.2, 0.25) is 0 Å². The molecule has 2 aromatic heterocycles. The monoisotopic (exact) mass is 379 g/mol. The summed E-state index contributed by atoms with van der Waals surface area (Å²) in [6, 6.07) is 11.4. The number of nitrogens with one attached hydrogen (secondary N) is 1. The molecule has 1 N–H and O–H groups in total. The second-order valence-electron chi connectivity index (χ2n) is 6.34. The van der Waals surface area contributed by atoms with Crippen molar-refractivity contribution < 1.29 is 4.79 Å². The maximum atomic E-state index is 12.5. The fourth-order valence-corrected chi connectivity index (χ4v) is 3.09. The fourth-order valence-electron chi connectivity index (χ4n) is 3.09. The molecular weight excluding hydrogens is 358 g/mol. The number of rotatable bonds is 6. The zero-order chi connectivity index (χ0) is 19.2. The van der Waals surface area contributed by atoms with Crippen LogP contribution in [-0.4, -0.2) is 73.7 Å². The van der Waals surface area contributed by atoms with Crippen molar-refractivity contribution in [3.05, 3.63) is 48.8 Å². The van der Waals surface area contributed by atoms with E-state index in [1.54, 1.807) is 23.1 Å². The van der Waals surface area contributed by atoms with Crippen molar-refractivity contribution in [1.29, 1.82) is 0 Å². The largest absolute Gasteiger partial charge is 0.352 e. The molecule has 0 aliphatic carbocycles. The lowest BCUT2D eigenvalue weighted by molar-refractivity contribution is -0.131. The third kappa shape index (κ3) is 4.05. The van der Waals surface area contributed by atoms with E-state index in [0.717, 1.165) is 18.8 Å². The Morgan fingerprint density at radius 1 is 1.00 bits per heavy atom. The number of nitrogens with zero attached hydrogens (tertiary/aromatic N) is 8. The maximum absolute atomic E-state index is 12.5. The highest BCUT2D eigenvalue weighted by Crippen LogP contribution is 2.12. The van der Waals surface area contributed by atoms with Crippen molar-refractivity contribution in [2.45, 2.75) is 6.42 Å². The number of hydrogen-bond donors (Lipinski definition) is 1. The molecule has 1 fully saturated rings. The third-order valence-electron chi connectivity index (χ3n) is 4.56. The van der Waals surface area contributed by atoms with Crippen LogP contribution >= 0.6 is 0 Å². The maximum Gasteiger partial charge on any atom is 0.247 e. The summed E-state index contributed by atoms with van der Waals surface area (Å²) in [7, 11) is 0. The number of aromatic nitrogens is 6. The first-order valence-corrected chi connectivity index (χ1v) is 9.19. The van der Waals surface area contributed by atoms with E-state index in [1.165, 1.54) is 0 Å². The summed E-state index contributed by atoms with van der Waals surface area (Å²) in [5.74, 6) is 1.34. The van der Waals surface area contributed by atoms with Crippen LogP contribution in [-0.2, 0) is 4.79 Å². The lowest BCUT2D eigenvalue weighted by Gasteiger charge is -2.34. The summed E-state index contributed by atoms with van der Waals surface area (Å²) < 4.78 is 1.61. The predicted molar refractivity (Wildman–Crippen MR) is 103 cm³/mol. The number of amides is 1. The Balaban J connectivity index is 1.26. The molecule has 1 aliphatic heterocycles. The van der Waals surface area contributed by atoms with Gasteiger partial charge in [-0.15, -0.1) is 0 Å². The molecule has 0 spiro atoms. The Kier molecular flexibility index (Phi) is 5.36. The van der Waals surface area contributed by atoms with Crippen molar-refractivity contribution in [2.75, 3.05) is 42.9 Å². The van der Waals surface area contributed by atoms with Gasteiger partial charge in [0.1, 0.15) is 0 Å². The smallest absolute Gasteiger partial charge is 0.247 e. The third-order valence-corrected chi connectivity index (χ3v) is 4.56. The molecular formula is C18H21N9O. The number of tetrazole rings is 1. The molecule has 144 valence electrons. The highest BCUT2D eigenvalue weighted by Gasteiger charge is 2.22. The summed E-state index contributed by atoms with van der Waals surface area (Å²) in [6.07, 6.45) is 3.84. The molecule has 28 heavy (non-hydrogen) atoms. The summed E-state index contributed by atoms with van der Waals surface area (Å²) in [6.45, 7) is 3.26. The first kappa shape index (κ1) is 17.8. The Morgan fingerprint density at radius 3 is 2.50 bits per heavy atom. The van der Waals surface area contributed by atoms with Gasteiger partial charge in [0.15, 0.2) is 0 Å². The van der Waals surface area contributed by atoms with E-state index in [0.29, 0.717) is 38.0 Å². The van der Waals surface area contributed by atoms with Gasteiger partial charge in [0.05, 0.1) is 5.69 Å². The number of hydrogen-bond acceptors (Lipinski definition) is 8. The Hall–Kier alpha value is -3.56. The second-order valence-corrected chi connectivity index (χ2v) is 6.34. The van der Waals surface area contributed by atoms with E-state index >= 15 is 0 Å². The van der Waals surface area contributed by atoms with Gasteiger partial charge in [-0.1, -0.05) is 23.3 Å². The molecule has 0 radical (unpaired) electrons. The van der Waals surface area contributed by atoms with Crippen molar-refractivity contribution in [1.82, 2.24) is 35.1 Å². The van der Waals surface area contributed by atoms with Crippen molar-refractivity contribution in [3.63, 3.8) is 0 Å². The normalized spacial score (nSPS) is 14.1. The lowest BCUT2D eigenvalue weighted by atomic mass is 10.3. The first-order valence-electron chi connectivity index (χ1n) is 9.19. The minimum atomic E-state index is 0.111. The van der Waals surface area contributed by atoms with Gasteiger partial charge in [-0.25, -0.2) is 9.97 Å². The summed E-state index contributed by atoms with van der Waals surface area (Å²) in [4.78, 5) is 25.0. The summed E-state index contributed by atoms with van der Waals surface area (Å²) in [5, 5.41) is 14.8. The van der Waals surface area contributed by atoms with E-state index in [1.807, 2.05) is 35.2 Å². The van der Waals surface area contributed by atoms with Crippen LogP contribution in [0.3, 0.4) is 0 Å². The van der Waals surface area contributed by atoms with Crippen LogP contribution in [0.1, 0.15) is 6.42 Å². The van der Waals surface area contributed by atoms with Crippen molar-refractivity contribution in [2.24, 2.45) is 0 Å². The van der Waals surface area contributed by atoms with Gasteiger partial charge in [0, 0.05) is 51.5 Å². The number of benzene rings is 1. The minimum Gasteiger partial charge on any atom is -0.352 e. The first-order chi connectivity index (χ1) is 13.8. The lowest BCUT2D eigenvalue weighted by Crippen LogP contribution is -2.49. The van der Waals surface area contributed by atoms with Crippen molar-refractivity contribution in [3.8, 4) is 5.69 Å². The summed E-state index contributed by atoms with van der Waals surface area (Å²) >= 11 is 0. The van der Waals surface area contributed by atoms with Gasteiger partial charge in [0.25, 0.3) is 0 Å². The van der Waals surface area contributed by atoms with Crippen molar-refractivity contribution >= 4 is 17.8 Å². The van der Waals surface area contributed by atoms with Crippen LogP contribution in [0.4, 0.5) is 11.9 Å². The topological polar surface area (TPSA) is 105 Å². The molecule has 4 rings (SSSR count). The van der Waals surface area contributed by atoms with Crippen LogP contribution in [0, 0.1) is 0 Å². The van der Waals surface area contributed by atoms with E-state index in [4.69, 9.17) is 0 Å². The molecule has 10 nitrogen and oxygen atoms in total. The van der Waals surface area contributed by atoms with Gasteiger partial charge in [-0.2, -0.15) is 4.68 Å². The number of carbonyl (C=O) groups is 1. The van der Waals surface area contributed by atoms with E-state index in [9.17, 15) is 4.79 Å². The van der Waals surface area contributed by atoms with E-state index < -0.39 is 0 Å². The second kappa shape index (κ2) is 8.42. The molecule has 1 amide bonds. The van der Waals surface area contributed by atoms with Gasteiger partial charge < -0.3 is 15.1 Å². The predicted octanol–water partition coefficient (Wildman–Crippen LogP) is 0.603. The molecule has 0 bridgehead atoms. The fraction of sp³-hybridized carbons (Fsp3) is 0.333. The number of carbonyl (C=O) groups excluding carboxylic acids is 1. The Morgan fingerprint density at radius 2 is 1.75 bits per heavy atom. The molecule has 0 unspecified atom stereocenters. The molecule has 3 heterocycles. The van der Waals surface area contributed by atoms with Gasteiger partial charge >= 0.3 is 0 Å². The molecule has 1 aromatic carbocycles. The Bertz CT molecular complexity index is 892. The molecule has 10 heteroatoms. The van der Waals surface area contributed by atoms with Crippen LogP contribution in [0.15, 0.2) is 48.8 Å². The minimum absolute atomic E-state index is 0.111. The molecule has 1 aliphatic rings. The van der Waals surface area contributed by atoms with Gasteiger partial charge in [0.2, 0.25) is 17.8 Å². The van der Waals surface area contributed by atoms with Crippen LogP contribution in [0.25, 0.3) is 5.69 Å². The molecule has 0 atom stereocenters. The standard InChI is InChI=1S/C18H21N9O/c28-16(25-11-13-26(14-12-25)17-19-8-4-9-20-17)7-10-21-18-22-23-24-27(18)15-5-2-1-3-6-15/h1-6,8-9H,7,10-14H2,(H,21,22,24). The molecule has 1 saturated heterocycles. The highest BCUT2D eigenvalue weighted by molar-refractivity contribution is 5.77. The zero-order valence-corrected chi connectivity index (χ0v) is 15.3. The van der Waals surface area contributed by atoms with Gasteiger partial charge in [-0.3, -0.25) is 4.79 Å².